The Balaban J connectivity index is 5.18. The van der Waals surface area contributed by atoms with E-state index in [0.29, 0.717) is 25.7 Å². The van der Waals surface area contributed by atoms with Crippen molar-refractivity contribution in [2.75, 3.05) is 39.6 Å². The van der Waals surface area contributed by atoms with Crippen molar-refractivity contribution in [1.29, 1.82) is 0 Å². The zero-order chi connectivity index (χ0) is 63.6. The van der Waals surface area contributed by atoms with Crippen LogP contribution in [0.15, 0.2) is 0 Å². The molecule has 0 saturated heterocycles. The summed E-state index contributed by atoms with van der Waals surface area (Å²) in [5.41, 5.74) is 0. The molecule has 0 aromatic rings. The number of phosphoric ester groups is 2. The quantitative estimate of drug-likeness (QED) is 0.0222. The predicted octanol–water partition coefficient (Wildman–Crippen LogP) is 18.8. The molecular weight excluding hydrogens is 1140 g/mol. The molecule has 510 valence electrons. The number of carbonyl (C=O) groups excluding carboxylic acids is 4. The Labute approximate surface area is 524 Å². The molecule has 0 aliphatic carbocycles. The van der Waals surface area contributed by atoms with E-state index < -0.39 is 97.5 Å². The standard InChI is InChI=1S/C67H130O17P2/c1-7-10-12-14-16-24-33-39-45-51-66(71)83-62(55-77-64(69)49-43-37-29-15-13-11-8-2)57-81-85(73,74)79-53-61(68)54-80-86(75,76)82-58-63(56-78-65(70)50-44-38-32-28-27-31-36-42-48-60(6)9-3)84-67(72)52-46-40-34-26-23-21-19-17-18-20-22-25-30-35-41-47-59(4)5/h59-63,68H,7-58H2,1-6H3,(H,73,74)(H,75,76)/t60?,61-,62+,63+/m0/s1. The first-order valence-corrected chi connectivity index (χ1v) is 38.0. The normalized spacial score (nSPS) is 14.5. The van der Waals surface area contributed by atoms with Gasteiger partial charge in [-0.25, -0.2) is 9.13 Å². The molecule has 0 aromatic heterocycles. The second-order valence-electron chi connectivity index (χ2n) is 24.9. The number of hydrogen-bond acceptors (Lipinski definition) is 15. The first kappa shape index (κ1) is 84.1. The number of phosphoric acid groups is 2. The molecule has 3 unspecified atom stereocenters. The van der Waals surface area contributed by atoms with E-state index in [1.54, 1.807) is 0 Å². The number of hydrogen-bond donors (Lipinski definition) is 3. The predicted molar refractivity (Wildman–Crippen MR) is 345 cm³/mol. The second kappa shape index (κ2) is 59.4. The molecule has 0 aromatic carbocycles. The third-order valence-corrected chi connectivity index (χ3v) is 17.7. The molecule has 0 rings (SSSR count). The monoisotopic (exact) mass is 1270 g/mol. The SMILES string of the molecule is CCCCCCCCCCCC(=O)O[C@H](COC(=O)CCCCCCCCC)COP(=O)(O)OC[C@H](O)COP(=O)(O)OC[C@@H](COC(=O)CCCCCCCCCCC(C)CC)OC(=O)CCCCCCCCCCCCCCCCCC(C)C. The lowest BCUT2D eigenvalue weighted by Gasteiger charge is -2.21. The van der Waals surface area contributed by atoms with Gasteiger partial charge in [-0.3, -0.25) is 37.3 Å². The van der Waals surface area contributed by atoms with Gasteiger partial charge in [-0.2, -0.15) is 0 Å². The van der Waals surface area contributed by atoms with E-state index in [4.69, 9.17) is 37.0 Å². The van der Waals surface area contributed by atoms with Gasteiger partial charge in [0.25, 0.3) is 0 Å². The van der Waals surface area contributed by atoms with Gasteiger partial charge >= 0.3 is 39.5 Å². The van der Waals surface area contributed by atoms with Crippen LogP contribution in [0.2, 0.25) is 0 Å². The first-order valence-electron chi connectivity index (χ1n) is 35.0. The highest BCUT2D eigenvalue weighted by molar-refractivity contribution is 7.47. The van der Waals surface area contributed by atoms with Crippen molar-refractivity contribution in [2.24, 2.45) is 11.8 Å². The van der Waals surface area contributed by atoms with E-state index in [-0.39, 0.29) is 25.7 Å². The third-order valence-electron chi connectivity index (χ3n) is 15.8. The summed E-state index contributed by atoms with van der Waals surface area (Å²) in [5.74, 6) is -0.554. The Bertz CT molecular complexity index is 1690. The van der Waals surface area contributed by atoms with Crippen molar-refractivity contribution in [2.45, 2.75) is 355 Å². The van der Waals surface area contributed by atoms with Crippen molar-refractivity contribution < 1.29 is 80.2 Å². The van der Waals surface area contributed by atoms with E-state index in [1.165, 1.54) is 141 Å². The molecule has 17 nitrogen and oxygen atoms in total. The Morgan fingerprint density at radius 2 is 0.593 bits per heavy atom. The summed E-state index contributed by atoms with van der Waals surface area (Å²) >= 11 is 0. The van der Waals surface area contributed by atoms with Gasteiger partial charge < -0.3 is 33.8 Å². The summed E-state index contributed by atoms with van der Waals surface area (Å²) in [6, 6.07) is 0. The lowest BCUT2D eigenvalue weighted by molar-refractivity contribution is -0.161. The van der Waals surface area contributed by atoms with Crippen molar-refractivity contribution in [3.05, 3.63) is 0 Å². The summed E-state index contributed by atoms with van der Waals surface area (Å²) in [6.45, 7) is 9.49. The molecule has 0 bridgehead atoms. The molecular formula is C67H130O17P2. The Hall–Kier alpha value is -1.94. The lowest BCUT2D eigenvalue weighted by Crippen LogP contribution is -2.30. The largest absolute Gasteiger partial charge is 0.472 e. The van der Waals surface area contributed by atoms with Gasteiger partial charge in [0.2, 0.25) is 0 Å². The molecule has 0 aliphatic heterocycles. The molecule has 19 heteroatoms. The second-order valence-corrected chi connectivity index (χ2v) is 27.8. The van der Waals surface area contributed by atoms with Crippen molar-refractivity contribution in [3.8, 4) is 0 Å². The van der Waals surface area contributed by atoms with Gasteiger partial charge in [-0.1, -0.05) is 286 Å². The van der Waals surface area contributed by atoms with Crippen LogP contribution < -0.4 is 0 Å². The smallest absolute Gasteiger partial charge is 0.462 e. The topological polar surface area (TPSA) is 237 Å². The van der Waals surface area contributed by atoms with E-state index in [0.717, 1.165) is 115 Å². The van der Waals surface area contributed by atoms with Crippen molar-refractivity contribution in [1.82, 2.24) is 0 Å². The average Bonchev–Trinajstić information content (AvgIpc) is 3.69. The van der Waals surface area contributed by atoms with E-state index in [9.17, 15) is 43.2 Å². The fourth-order valence-electron chi connectivity index (χ4n) is 10.0. The zero-order valence-corrected chi connectivity index (χ0v) is 57.4. The number of aliphatic hydroxyl groups excluding tert-OH is 1. The summed E-state index contributed by atoms with van der Waals surface area (Å²) in [6.07, 6.45) is 43.2. The van der Waals surface area contributed by atoms with E-state index in [1.807, 2.05) is 0 Å². The summed E-state index contributed by atoms with van der Waals surface area (Å²) in [4.78, 5) is 72.2. The zero-order valence-electron chi connectivity index (χ0n) is 55.6. The maximum absolute atomic E-state index is 13.0. The van der Waals surface area contributed by atoms with E-state index in [2.05, 4.69) is 41.5 Å². The van der Waals surface area contributed by atoms with Crippen LogP contribution in [0.1, 0.15) is 337 Å². The molecule has 0 radical (unpaired) electrons. The number of unbranched alkanes of at least 4 members (excludes halogenated alkanes) is 35. The fraction of sp³-hybridized carbons (Fsp3) is 0.940. The molecule has 0 amide bonds. The van der Waals surface area contributed by atoms with Crippen LogP contribution in [-0.2, 0) is 65.4 Å². The van der Waals surface area contributed by atoms with Gasteiger partial charge in [0, 0.05) is 25.7 Å². The van der Waals surface area contributed by atoms with Gasteiger partial charge in [-0.15, -0.1) is 0 Å². The van der Waals surface area contributed by atoms with Crippen molar-refractivity contribution >= 4 is 39.5 Å². The number of ether oxygens (including phenoxy) is 4. The number of rotatable bonds is 66. The highest BCUT2D eigenvalue weighted by Gasteiger charge is 2.30. The van der Waals surface area contributed by atoms with Gasteiger partial charge in [0.1, 0.15) is 19.3 Å². The van der Waals surface area contributed by atoms with Crippen LogP contribution in [0.5, 0.6) is 0 Å². The molecule has 3 N–H and O–H groups in total. The minimum Gasteiger partial charge on any atom is -0.462 e. The van der Waals surface area contributed by atoms with E-state index >= 15 is 0 Å². The molecule has 0 spiro atoms. The number of esters is 4. The minimum absolute atomic E-state index is 0.105. The van der Waals surface area contributed by atoms with Gasteiger partial charge in [-0.05, 0) is 37.5 Å². The number of aliphatic hydroxyl groups is 1. The fourth-order valence-corrected chi connectivity index (χ4v) is 11.6. The van der Waals surface area contributed by atoms with Crippen LogP contribution in [0.3, 0.4) is 0 Å². The minimum atomic E-state index is -4.95. The van der Waals surface area contributed by atoms with Crippen LogP contribution >= 0.6 is 15.6 Å². The maximum atomic E-state index is 13.0. The Morgan fingerprint density at radius 3 is 0.884 bits per heavy atom. The summed E-state index contributed by atoms with van der Waals surface area (Å²) in [7, 11) is -9.89. The maximum Gasteiger partial charge on any atom is 0.472 e. The lowest BCUT2D eigenvalue weighted by atomic mass is 9.99. The molecule has 0 saturated carbocycles. The first-order chi connectivity index (χ1) is 41.4. The number of carbonyl (C=O) groups is 4. The highest BCUT2D eigenvalue weighted by atomic mass is 31.2. The summed E-state index contributed by atoms with van der Waals surface area (Å²) in [5, 5.41) is 10.5. The van der Waals surface area contributed by atoms with Crippen LogP contribution in [0.4, 0.5) is 0 Å². The Kier molecular flexibility index (Phi) is 58.0. The summed E-state index contributed by atoms with van der Waals surface area (Å²) < 4.78 is 68.0. The molecule has 0 fully saturated rings. The van der Waals surface area contributed by atoms with Gasteiger partial charge in [0.05, 0.1) is 26.4 Å². The molecule has 86 heavy (non-hydrogen) atoms. The molecule has 0 heterocycles. The average molecular weight is 1270 g/mol. The Morgan fingerprint density at radius 1 is 0.337 bits per heavy atom. The third kappa shape index (κ3) is 59.7. The van der Waals surface area contributed by atoms with Crippen LogP contribution in [-0.4, -0.2) is 96.7 Å². The highest BCUT2D eigenvalue weighted by Crippen LogP contribution is 2.45. The van der Waals surface area contributed by atoms with Crippen LogP contribution in [0.25, 0.3) is 0 Å². The van der Waals surface area contributed by atoms with Gasteiger partial charge in [0.15, 0.2) is 12.2 Å². The van der Waals surface area contributed by atoms with Crippen LogP contribution in [0, 0.1) is 11.8 Å². The molecule has 6 atom stereocenters. The molecule has 0 aliphatic rings. The van der Waals surface area contributed by atoms with Crippen molar-refractivity contribution in [3.63, 3.8) is 0 Å².